The molecular weight excluding hydrogens is 344 g/mol. The maximum Gasteiger partial charge on any atom is 0.308 e. The van der Waals surface area contributed by atoms with Crippen molar-refractivity contribution in [2.45, 2.75) is 25.0 Å². The Morgan fingerprint density at radius 1 is 1.07 bits per heavy atom. The van der Waals surface area contributed by atoms with Crippen molar-refractivity contribution in [2.24, 2.45) is 5.16 Å². The van der Waals surface area contributed by atoms with Crippen LogP contribution in [0.15, 0.2) is 71.9 Å². The van der Waals surface area contributed by atoms with Gasteiger partial charge in [0.05, 0.1) is 12.1 Å². The first-order valence-electron chi connectivity index (χ1n) is 8.60. The molecule has 0 saturated carbocycles. The molecule has 1 atom stereocenters. The quantitative estimate of drug-likeness (QED) is 0.790. The summed E-state index contributed by atoms with van der Waals surface area (Å²) in [7, 11) is 0. The molecule has 6 heteroatoms. The van der Waals surface area contributed by atoms with Gasteiger partial charge in [0.1, 0.15) is 0 Å². The Hall–Kier alpha value is -3.41. The van der Waals surface area contributed by atoms with E-state index in [0.29, 0.717) is 12.3 Å². The summed E-state index contributed by atoms with van der Waals surface area (Å²) >= 11 is 0. The number of hydrogen-bond donors (Lipinski definition) is 2. The van der Waals surface area contributed by atoms with Gasteiger partial charge in [0.25, 0.3) is 5.91 Å². The highest BCUT2D eigenvalue weighted by Gasteiger charge is 2.47. The Morgan fingerprint density at radius 2 is 1.74 bits per heavy atom. The molecule has 0 bridgehead atoms. The van der Waals surface area contributed by atoms with Crippen molar-refractivity contribution in [3.05, 3.63) is 77.9 Å². The summed E-state index contributed by atoms with van der Waals surface area (Å²) in [4.78, 5) is 29.3. The van der Waals surface area contributed by atoms with Crippen molar-refractivity contribution >= 4 is 23.7 Å². The van der Waals surface area contributed by atoms with Crippen LogP contribution in [-0.4, -0.2) is 28.3 Å². The SMILES string of the molecule is O=C(O)CC1(C(=O)NCc2ccccc2)CC(C=Cc2ccccc2)=NO1. The van der Waals surface area contributed by atoms with Crippen LogP contribution < -0.4 is 5.32 Å². The van der Waals surface area contributed by atoms with Crippen molar-refractivity contribution in [2.75, 3.05) is 0 Å². The van der Waals surface area contributed by atoms with Gasteiger partial charge < -0.3 is 15.3 Å². The standard InChI is InChI=1S/C21H20N2O4/c24-19(25)14-21(20(26)22-15-17-9-5-2-6-10-17)13-18(23-27-21)12-11-16-7-3-1-4-8-16/h1-12H,13-15H2,(H,22,26)(H,24,25). The first kappa shape index (κ1) is 18.4. The average molecular weight is 364 g/mol. The molecule has 2 aromatic carbocycles. The minimum Gasteiger partial charge on any atom is -0.481 e. The molecule has 0 radical (unpaired) electrons. The molecule has 0 saturated heterocycles. The molecule has 3 rings (SSSR count). The second kappa shape index (κ2) is 8.31. The first-order valence-corrected chi connectivity index (χ1v) is 8.60. The highest BCUT2D eigenvalue weighted by Crippen LogP contribution is 2.29. The summed E-state index contributed by atoms with van der Waals surface area (Å²) in [6.07, 6.45) is 3.23. The van der Waals surface area contributed by atoms with E-state index in [1.165, 1.54) is 0 Å². The topological polar surface area (TPSA) is 88.0 Å². The predicted octanol–water partition coefficient (Wildman–Crippen LogP) is 3.01. The maximum atomic E-state index is 12.7. The second-order valence-electron chi connectivity index (χ2n) is 6.33. The van der Waals surface area contributed by atoms with Crippen LogP contribution in [0, 0.1) is 0 Å². The van der Waals surface area contributed by atoms with Crippen LogP contribution >= 0.6 is 0 Å². The Labute approximate surface area is 157 Å². The molecule has 1 unspecified atom stereocenters. The van der Waals surface area contributed by atoms with Crippen molar-refractivity contribution in [1.82, 2.24) is 5.32 Å². The highest BCUT2D eigenvalue weighted by atomic mass is 16.7. The Balaban J connectivity index is 1.68. The van der Waals surface area contributed by atoms with Crippen molar-refractivity contribution in [1.29, 1.82) is 0 Å². The minimum atomic E-state index is -1.53. The van der Waals surface area contributed by atoms with E-state index < -0.39 is 23.9 Å². The van der Waals surface area contributed by atoms with Crippen LogP contribution in [0.25, 0.3) is 6.08 Å². The molecule has 0 fully saturated rings. The fourth-order valence-corrected chi connectivity index (χ4v) is 2.83. The minimum absolute atomic E-state index is 0.100. The predicted molar refractivity (Wildman–Crippen MR) is 102 cm³/mol. The summed E-state index contributed by atoms with van der Waals surface area (Å²) in [5.41, 5.74) is 0.885. The van der Waals surface area contributed by atoms with E-state index in [1.807, 2.05) is 66.7 Å². The summed E-state index contributed by atoms with van der Waals surface area (Å²) in [6, 6.07) is 19.0. The van der Waals surface area contributed by atoms with Gasteiger partial charge in [0.15, 0.2) is 0 Å². The van der Waals surface area contributed by atoms with E-state index in [9.17, 15) is 14.7 Å². The van der Waals surface area contributed by atoms with Crippen LogP contribution in [0.2, 0.25) is 0 Å². The molecule has 6 nitrogen and oxygen atoms in total. The van der Waals surface area contributed by atoms with Crippen LogP contribution in [0.5, 0.6) is 0 Å². The molecule has 0 aliphatic carbocycles. The number of allylic oxidation sites excluding steroid dienone is 1. The zero-order valence-corrected chi connectivity index (χ0v) is 14.7. The number of nitrogens with zero attached hydrogens (tertiary/aromatic N) is 1. The van der Waals surface area contributed by atoms with Gasteiger partial charge in [-0.15, -0.1) is 0 Å². The normalized spacial score (nSPS) is 18.7. The van der Waals surface area contributed by atoms with Crippen LogP contribution in [0.1, 0.15) is 24.0 Å². The van der Waals surface area contributed by atoms with Crippen LogP contribution in [0.3, 0.4) is 0 Å². The van der Waals surface area contributed by atoms with Gasteiger partial charge in [-0.05, 0) is 17.2 Å². The number of carbonyl (C=O) groups excluding carboxylic acids is 1. The third-order valence-corrected chi connectivity index (χ3v) is 4.22. The summed E-state index contributed by atoms with van der Waals surface area (Å²) in [5.74, 6) is -1.60. The van der Waals surface area contributed by atoms with Gasteiger partial charge in [0.2, 0.25) is 5.60 Å². The van der Waals surface area contributed by atoms with Crippen LogP contribution in [0.4, 0.5) is 0 Å². The number of oxime groups is 1. The number of amides is 1. The third kappa shape index (κ3) is 4.82. The Kier molecular flexibility index (Phi) is 5.66. The molecule has 138 valence electrons. The van der Waals surface area contributed by atoms with Gasteiger partial charge >= 0.3 is 5.97 Å². The molecule has 1 aliphatic rings. The molecule has 2 N–H and O–H groups in total. The average Bonchev–Trinajstić information content (AvgIpc) is 3.09. The second-order valence-corrected chi connectivity index (χ2v) is 6.33. The number of benzene rings is 2. The van der Waals surface area contributed by atoms with Crippen molar-refractivity contribution < 1.29 is 19.5 Å². The van der Waals surface area contributed by atoms with E-state index in [4.69, 9.17) is 4.84 Å². The lowest BCUT2D eigenvalue weighted by atomic mass is 9.92. The first-order chi connectivity index (χ1) is 13.1. The lowest BCUT2D eigenvalue weighted by Crippen LogP contribution is -2.48. The number of rotatable bonds is 7. The number of nitrogens with one attached hydrogen (secondary N) is 1. The van der Waals surface area contributed by atoms with E-state index >= 15 is 0 Å². The van der Waals surface area contributed by atoms with Crippen molar-refractivity contribution in [3.63, 3.8) is 0 Å². The van der Waals surface area contributed by atoms with E-state index in [1.54, 1.807) is 6.08 Å². The number of carboxylic acid groups (broad SMARTS) is 1. The molecule has 27 heavy (non-hydrogen) atoms. The summed E-state index contributed by atoms with van der Waals surface area (Å²) in [6.45, 7) is 0.291. The van der Waals surface area contributed by atoms with Gasteiger partial charge in [-0.3, -0.25) is 9.59 Å². The number of hydrogen-bond acceptors (Lipinski definition) is 4. The largest absolute Gasteiger partial charge is 0.481 e. The zero-order chi connectivity index (χ0) is 19.1. The molecule has 0 aromatic heterocycles. The Morgan fingerprint density at radius 3 is 2.41 bits per heavy atom. The Bertz CT molecular complexity index is 862. The van der Waals surface area contributed by atoms with E-state index in [0.717, 1.165) is 11.1 Å². The molecule has 1 heterocycles. The molecular formula is C21H20N2O4. The number of carboxylic acids is 1. The van der Waals surface area contributed by atoms with Gasteiger partial charge in [-0.25, -0.2) is 0 Å². The zero-order valence-electron chi connectivity index (χ0n) is 14.7. The fourth-order valence-electron chi connectivity index (χ4n) is 2.83. The number of aliphatic carboxylic acids is 1. The summed E-state index contributed by atoms with van der Waals surface area (Å²) < 4.78 is 0. The highest BCUT2D eigenvalue weighted by molar-refractivity contribution is 6.04. The van der Waals surface area contributed by atoms with E-state index in [2.05, 4.69) is 10.5 Å². The fraction of sp³-hybridized carbons (Fsp3) is 0.190. The molecule has 0 spiro atoms. The lowest BCUT2D eigenvalue weighted by Gasteiger charge is -2.23. The summed E-state index contributed by atoms with van der Waals surface area (Å²) in [5, 5.41) is 15.9. The van der Waals surface area contributed by atoms with E-state index in [-0.39, 0.29) is 6.42 Å². The van der Waals surface area contributed by atoms with Crippen molar-refractivity contribution in [3.8, 4) is 0 Å². The number of carbonyl (C=O) groups is 2. The molecule has 2 aromatic rings. The van der Waals surface area contributed by atoms with Gasteiger partial charge in [0, 0.05) is 13.0 Å². The third-order valence-electron chi connectivity index (χ3n) is 4.22. The van der Waals surface area contributed by atoms with Gasteiger partial charge in [-0.2, -0.15) is 0 Å². The molecule has 1 aliphatic heterocycles. The molecule has 1 amide bonds. The monoisotopic (exact) mass is 364 g/mol. The lowest BCUT2D eigenvalue weighted by molar-refractivity contribution is -0.156. The van der Waals surface area contributed by atoms with Gasteiger partial charge in [-0.1, -0.05) is 71.9 Å². The smallest absolute Gasteiger partial charge is 0.308 e. The van der Waals surface area contributed by atoms with Crippen LogP contribution in [-0.2, 0) is 21.0 Å². The maximum absolute atomic E-state index is 12.7.